The molecule has 0 bridgehead atoms. The van der Waals surface area contributed by atoms with Crippen LogP contribution in [0.2, 0.25) is 0 Å². The second kappa shape index (κ2) is 5.95. The van der Waals surface area contributed by atoms with Gasteiger partial charge in [0.15, 0.2) is 0 Å². The fraction of sp³-hybridized carbons (Fsp3) is 0.214. The third-order valence-electron chi connectivity index (χ3n) is 2.69. The fourth-order valence-electron chi connectivity index (χ4n) is 1.74. The van der Waals surface area contributed by atoms with Crippen LogP contribution in [-0.2, 0) is 6.54 Å². The van der Waals surface area contributed by atoms with E-state index in [-0.39, 0.29) is 11.5 Å². The number of amides is 1. The quantitative estimate of drug-likeness (QED) is 0.890. The molecule has 0 saturated heterocycles. The summed E-state index contributed by atoms with van der Waals surface area (Å²) >= 11 is 0. The van der Waals surface area contributed by atoms with Gasteiger partial charge in [-0.15, -0.1) is 0 Å². The minimum atomic E-state index is -0.175. The molecule has 0 unspecified atom stereocenters. The first-order valence-corrected chi connectivity index (χ1v) is 6.08. The number of rotatable bonds is 4. The number of carbonyl (C=O) groups is 1. The average molecular weight is 257 g/mol. The van der Waals surface area contributed by atoms with E-state index in [2.05, 4.69) is 10.3 Å². The first kappa shape index (κ1) is 13.0. The minimum Gasteiger partial charge on any atom is -0.352 e. The van der Waals surface area contributed by atoms with Crippen molar-refractivity contribution in [2.75, 3.05) is 6.54 Å². The van der Waals surface area contributed by atoms with Gasteiger partial charge in [0.2, 0.25) is 0 Å². The number of aromatic nitrogens is 2. The Labute approximate surface area is 110 Å². The van der Waals surface area contributed by atoms with Crippen LogP contribution in [0, 0.1) is 0 Å². The Morgan fingerprint density at radius 2 is 2.00 bits per heavy atom. The van der Waals surface area contributed by atoms with Crippen LogP contribution >= 0.6 is 0 Å². The van der Waals surface area contributed by atoms with Gasteiger partial charge in [-0.05, 0) is 30.7 Å². The number of nitrogens with one attached hydrogen (secondary N) is 1. The SMILES string of the molecule is CCNC(=O)c1ccc(=O)n(Cc2ccncc2)c1. The molecule has 0 saturated carbocycles. The van der Waals surface area contributed by atoms with Crippen LogP contribution in [0.25, 0.3) is 0 Å². The normalized spacial score (nSPS) is 10.2. The van der Waals surface area contributed by atoms with Gasteiger partial charge in [0, 0.05) is 31.2 Å². The molecule has 5 nitrogen and oxygen atoms in total. The molecule has 0 aromatic carbocycles. The van der Waals surface area contributed by atoms with Crippen LogP contribution in [0.4, 0.5) is 0 Å². The molecular weight excluding hydrogens is 242 g/mol. The van der Waals surface area contributed by atoms with E-state index >= 15 is 0 Å². The molecule has 98 valence electrons. The number of hydrogen-bond donors (Lipinski definition) is 1. The molecule has 0 atom stereocenters. The third kappa shape index (κ3) is 3.28. The summed E-state index contributed by atoms with van der Waals surface area (Å²) in [6.45, 7) is 2.84. The van der Waals surface area contributed by atoms with Crippen molar-refractivity contribution in [3.8, 4) is 0 Å². The molecule has 0 fully saturated rings. The fourth-order valence-corrected chi connectivity index (χ4v) is 1.74. The van der Waals surface area contributed by atoms with E-state index in [0.717, 1.165) is 5.56 Å². The third-order valence-corrected chi connectivity index (χ3v) is 2.69. The lowest BCUT2D eigenvalue weighted by molar-refractivity contribution is 0.0955. The number of carbonyl (C=O) groups excluding carboxylic acids is 1. The van der Waals surface area contributed by atoms with Crippen molar-refractivity contribution in [1.29, 1.82) is 0 Å². The van der Waals surface area contributed by atoms with Gasteiger partial charge in [-0.1, -0.05) is 0 Å². The van der Waals surface area contributed by atoms with Crippen LogP contribution in [-0.4, -0.2) is 22.0 Å². The zero-order valence-electron chi connectivity index (χ0n) is 10.7. The highest BCUT2D eigenvalue weighted by molar-refractivity contribution is 5.93. The Morgan fingerprint density at radius 1 is 1.26 bits per heavy atom. The summed E-state index contributed by atoms with van der Waals surface area (Å²) in [6, 6.07) is 6.62. The molecule has 5 heteroatoms. The summed E-state index contributed by atoms with van der Waals surface area (Å²) in [5.74, 6) is -0.175. The van der Waals surface area contributed by atoms with Gasteiger partial charge in [0.05, 0.1) is 12.1 Å². The van der Waals surface area contributed by atoms with Crippen molar-refractivity contribution in [2.45, 2.75) is 13.5 Å². The van der Waals surface area contributed by atoms with E-state index in [1.165, 1.54) is 16.7 Å². The lowest BCUT2D eigenvalue weighted by Crippen LogP contribution is -2.26. The molecule has 1 amide bonds. The Hall–Kier alpha value is -2.43. The lowest BCUT2D eigenvalue weighted by Gasteiger charge is -2.08. The summed E-state index contributed by atoms with van der Waals surface area (Å²) in [5.41, 5.74) is 1.31. The number of hydrogen-bond acceptors (Lipinski definition) is 3. The van der Waals surface area contributed by atoms with Gasteiger partial charge in [-0.25, -0.2) is 0 Å². The minimum absolute atomic E-state index is 0.134. The molecule has 2 heterocycles. The smallest absolute Gasteiger partial charge is 0.252 e. The van der Waals surface area contributed by atoms with E-state index < -0.39 is 0 Å². The standard InChI is InChI=1S/C14H15N3O2/c1-2-16-14(19)12-3-4-13(18)17(10-12)9-11-5-7-15-8-6-11/h3-8,10H,2,9H2,1H3,(H,16,19). The van der Waals surface area contributed by atoms with Crippen LogP contribution in [0.5, 0.6) is 0 Å². The topological polar surface area (TPSA) is 64.0 Å². The summed E-state index contributed by atoms with van der Waals surface area (Å²) in [4.78, 5) is 27.4. The van der Waals surface area contributed by atoms with Gasteiger partial charge in [-0.2, -0.15) is 0 Å². The summed E-state index contributed by atoms with van der Waals surface area (Å²) in [5, 5.41) is 2.71. The summed E-state index contributed by atoms with van der Waals surface area (Å²) in [7, 11) is 0. The van der Waals surface area contributed by atoms with Crippen LogP contribution in [0.1, 0.15) is 22.8 Å². The predicted molar refractivity (Wildman–Crippen MR) is 72.0 cm³/mol. The van der Waals surface area contributed by atoms with Gasteiger partial charge in [0.1, 0.15) is 0 Å². The Morgan fingerprint density at radius 3 is 2.68 bits per heavy atom. The van der Waals surface area contributed by atoms with Crippen molar-refractivity contribution in [1.82, 2.24) is 14.9 Å². The molecule has 0 aliphatic carbocycles. The second-order valence-electron chi connectivity index (χ2n) is 4.10. The molecule has 0 aliphatic heterocycles. The van der Waals surface area contributed by atoms with E-state index in [1.54, 1.807) is 18.6 Å². The second-order valence-corrected chi connectivity index (χ2v) is 4.10. The highest BCUT2D eigenvalue weighted by Crippen LogP contribution is 2.01. The maximum Gasteiger partial charge on any atom is 0.252 e. The molecular formula is C14H15N3O2. The predicted octanol–water partition coefficient (Wildman–Crippen LogP) is 1.04. The maximum absolute atomic E-state index is 11.8. The highest BCUT2D eigenvalue weighted by Gasteiger charge is 2.06. The Bertz CT molecular complexity index is 620. The van der Waals surface area contributed by atoms with Crippen molar-refractivity contribution < 1.29 is 4.79 Å². The van der Waals surface area contributed by atoms with Crippen LogP contribution < -0.4 is 10.9 Å². The molecule has 1 N–H and O–H groups in total. The van der Waals surface area contributed by atoms with Gasteiger partial charge in [0.25, 0.3) is 11.5 Å². The van der Waals surface area contributed by atoms with Crippen molar-refractivity contribution in [3.05, 3.63) is 64.3 Å². The molecule has 2 aromatic heterocycles. The van der Waals surface area contributed by atoms with E-state index in [1.807, 2.05) is 19.1 Å². The maximum atomic E-state index is 11.8. The molecule has 0 aliphatic rings. The van der Waals surface area contributed by atoms with E-state index in [4.69, 9.17) is 0 Å². The monoisotopic (exact) mass is 257 g/mol. The van der Waals surface area contributed by atoms with E-state index in [0.29, 0.717) is 18.7 Å². The average Bonchev–Trinajstić information content (AvgIpc) is 2.42. The molecule has 0 spiro atoms. The largest absolute Gasteiger partial charge is 0.352 e. The number of pyridine rings is 2. The van der Waals surface area contributed by atoms with Gasteiger partial charge >= 0.3 is 0 Å². The molecule has 19 heavy (non-hydrogen) atoms. The van der Waals surface area contributed by atoms with E-state index in [9.17, 15) is 9.59 Å². The zero-order chi connectivity index (χ0) is 13.7. The first-order chi connectivity index (χ1) is 9.20. The number of nitrogens with zero attached hydrogens (tertiary/aromatic N) is 2. The van der Waals surface area contributed by atoms with Crippen molar-refractivity contribution in [3.63, 3.8) is 0 Å². The van der Waals surface area contributed by atoms with Gasteiger partial charge < -0.3 is 9.88 Å². The molecule has 2 rings (SSSR count). The van der Waals surface area contributed by atoms with Crippen molar-refractivity contribution >= 4 is 5.91 Å². The summed E-state index contributed by atoms with van der Waals surface area (Å²) < 4.78 is 1.51. The Balaban J connectivity index is 2.27. The van der Waals surface area contributed by atoms with Crippen LogP contribution in [0.15, 0.2) is 47.7 Å². The van der Waals surface area contributed by atoms with Gasteiger partial charge in [-0.3, -0.25) is 14.6 Å². The molecule has 0 radical (unpaired) electrons. The molecule has 2 aromatic rings. The lowest BCUT2D eigenvalue weighted by atomic mass is 10.2. The zero-order valence-corrected chi connectivity index (χ0v) is 10.7. The Kier molecular flexibility index (Phi) is 4.07. The highest BCUT2D eigenvalue weighted by atomic mass is 16.1. The summed E-state index contributed by atoms with van der Waals surface area (Å²) in [6.07, 6.45) is 4.93. The van der Waals surface area contributed by atoms with Crippen molar-refractivity contribution in [2.24, 2.45) is 0 Å². The first-order valence-electron chi connectivity index (χ1n) is 6.08. The van der Waals surface area contributed by atoms with Crippen LogP contribution in [0.3, 0.4) is 0 Å².